The lowest BCUT2D eigenvalue weighted by Gasteiger charge is -1.89. The third-order valence-corrected chi connectivity index (χ3v) is 5.70. The molecule has 0 N–H and O–H groups in total. The highest BCUT2D eigenvalue weighted by atomic mass is 14.7. The van der Waals surface area contributed by atoms with Crippen molar-refractivity contribution in [2.75, 3.05) is 0 Å². The van der Waals surface area contributed by atoms with E-state index in [1.54, 1.807) is 36.4 Å². The monoisotopic (exact) mass is 456 g/mol. The van der Waals surface area contributed by atoms with Crippen LogP contribution in [0.25, 0.3) is 43.4 Å². The molecule has 0 heterocycles. The normalized spacial score (nSPS) is 11.0. The van der Waals surface area contributed by atoms with Crippen LogP contribution in [-0.2, 0) is 0 Å². The maximum Gasteiger partial charge on any atom is 0.268 e. The molecular formula is C30H12N6. The molecule has 6 nitrogen and oxygen atoms in total. The van der Waals surface area contributed by atoms with E-state index >= 15 is 0 Å². The van der Waals surface area contributed by atoms with Gasteiger partial charge in [-0.25, -0.2) is 20.2 Å². The van der Waals surface area contributed by atoms with Gasteiger partial charge in [0.2, 0.25) is 0 Å². The molecule has 1 saturated carbocycles. The van der Waals surface area contributed by atoms with Crippen LogP contribution in [0.1, 0.15) is 0 Å². The highest BCUT2D eigenvalue weighted by Gasteiger charge is 2.31. The van der Waals surface area contributed by atoms with Gasteiger partial charge >= 0.3 is 0 Å². The number of rotatable bonds is 0. The van der Waals surface area contributed by atoms with Crippen LogP contribution in [0.5, 0.6) is 0 Å². The molecule has 1 aliphatic rings. The Labute approximate surface area is 206 Å². The van der Waals surface area contributed by atoms with Gasteiger partial charge in [0.1, 0.15) is 17.7 Å². The Morgan fingerprint density at radius 2 is 0.778 bits per heavy atom. The van der Waals surface area contributed by atoms with Crippen LogP contribution in [-0.4, -0.2) is 0 Å². The zero-order valence-corrected chi connectivity index (χ0v) is 18.6. The first-order valence-corrected chi connectivity index (χ1v) is 10.5. The van der Waals surface area contributed by atoms with Crippen LogP contribution in [0.4, 0.5) is 0 Å². The Bertz CT molecular complexity index is 1730. The molecule has 0 bridgehead atoms. The van der Waals surface area contributed by atoms with E-state index in [2.05, 4.69) is 9.69 Å². The number of hydrogen-bond acceptors (Lipinski definition) is 4. The van der Waals surface area contributed by atoms with E-state index in [4.69, 9.17) is 34.2 Å². The third kappa shape index (κ3) is 4.11. The minimum atomic E-state index is 0.0216. The van der Waals surface area contributed by atoms with E-state index in [1.165, 1.54) is 0 Å². The summed E-state index contributed by atoms with van der Waals surface area (Å²) in [6, 6.07) is 29.2. The standard InChI is InChI=1S/C30H12N6/c1-35-26(17-33)20-5-11-23(12-6-20)29-28(22-9-3-19(4-10-22)25(15-31)16-32)30(29)24-13-7-21(8-14-24)27(18-34)36-2/h3-14H. The van der Waals surface area contributed by atoms with E-state index < -0.39 is 0 Å². The maximum absolute atomic E-state index is 9.15. The Kier molecular flexibility index (Phi) is 6.23. The predicted octanol–water partition coefficient (Wildman–Crippen LogP) is 0.853. The Morgan fingerprint density at radius 3 is 1.03 bits per heavy atom. The lowest BCUT2D eigenvalue weighted by Crippen LogP contribution is -2.10. The van der Waals surface area contributed by atoms with Gasteiger partial charge in [0.05, 0.1) is 25.3 Å². The van der Waals surface area contributed by atoms with Crippen LogP contribution >= 0.6 is 0 Å². The van der Waals surface area contributed by atoms with E-state index in [0.29, 0.717) is 15.7 Å². The summed E-state index contributed by atoms with van der Waals surface area (Å²) >= 11 is 0. The average Bonchev–Trinajstić information content (AvgIpc) is 3.68. The molecule has 0 amide bonds. The molecule has 1 fully saturated rings. The molecule has 3 aromatic carbocycles. The first-order valence-electron chi connectivity index (χ1n) is 10.5. The second-order valence-corrected chi connectivity index (χ2v) is 7.60. The van der Waals surface area contributed by atoms with Gasteiger partial charge in [-0.15, -0.1) is 0 Å². The summed E-state index contributed by atoms with van der Waals surface area (Å²) in [5, 5.41) is 40.9. The summed E-state index contributed by atoms with van der Waals surface area (Å²) in [5.74, 6) is 0. The van der Waals surface area contributed by atoms with Gasteiger partial charge in [0, 0.05) is 5.22 Å². The molecule has 36 heavy (non-hydrogen) atoms. The summed E-state index contributed by atoms with van der Waals surface area (Å²) in [6.45, 7) is 14.3. The van der Waals surface area contributed by atoms with E-state index in [-0.39, 0.29) is 17.0 Å². The van der Waals surface area contributed by atoms with Gasteiger partial charge in [-0.3, -0.25) is 0 Å². The second-order valence-electron chi connectivity index (χ2n) is 7.60. The van der Waals surface area contributed by atoms with E-state index in [0.717, 1.165) is 32.4 Å². The van der Waals surface area contributed by atoms with Crippen molar-refractivity contribution < 1.29 is 0 Å². The fourth-order valence-corrected chi connectivity index (χ4v) is 3.91. The fraction of sp³-hybridized carbons (Fsp3) is 0. The van der Waals surface area contributed by atoms with Crippen molar-refractivity contribution in [1.29, 1.82) is 21.0 Å². The number of benzene rings is 3. The Morgan fingerprint density at radius 1 is 0.472 bits per heavy atom. The minimum absolute atomic E-state index is 0.0216. The molecule has 0 radical (unpaired) electrons. The van der Waals surface area contributed by atoms with Crippen molar-refractivity contribution in [2.24, 2.45) is 0 Å². The quantitative estimate of drug-likeness (QED) is 0.468. The number of nitrogens with zero attached hydrogens (tertiary/aromatic N) is 6. The van der Waals surface area contributed by atoms with Gasteiger partial charge in [-0.2, -0.15) is 10.5 Å². The van der Waals surface area contributed by atoms with Crippen molar-refractivity contribution in [1.82, 2.24) is 0 Å². The molecule has 3 aromatic rings. The van der Waals surface area contributed by atoms with E-state index in [9.17, 15) is 0 Å². The summed E-state index contributed by atoms with van der Waals surface area (Å²) in [6.07, 6.45) is 0. The molecule has 0 aliphatic heterocycles. The summed E-state index contributed by atoms with van der Waals surface area (Å²) in [5.41, 5.74) is 3.05. The van der Waals surface area contributed by atoms with Crippen molar-refractivity contribution in [2.45, 2.75) is 0 Å². The highest BCUT2D eigenvalue weighted by molar-refractivity contribution is 6.48. The molecule has 0 unspecified atom stereocenters. The molecule has 0 saturated heterocycles. The smallest absolute Gasteiger partial charge is 0.226 e. The van der Waals surface area contributed by atoms with E-state index in [1.807, 2.05) is 60.7 Å². The lowest BCUT2D eigenvalue weighted by molar-refractivity contribution is 1.48. The van der Waals surface area contributed by atoms with Gasteiger partial charge in [0.25, 0.3) is 11.4 Å². The first-order chi connectivity index (χ1) is 17.6. The molecule has 0 spiro atoms. The first kappa shape index (κ1) is 23.0. The molecule has 6 heteroatoms. The van der Waals surface area contributed by atoms with Gasteiger partial charge in [-0.05, 0) is 42.8 Å². The summed E-state index contributed by atoms with van der Waals surface area (Å²) < 4.78 is 0. The summed E-state index contributed by atoms with van der Waals surface area (Å²) in [4.78, 5) is 6.52. The van der Waals surface area contributed by atoms with Gasteiger partial charge < -0.3 is 0 Å². The third-order valence-electron chi connectivity index (χ3n) is 5.70. The van der Waals surface area contributed by atoms with Crippen LogP contribution in [0.3, 0.4) is 0 Å². The Balaban J connectivity index is 2.07. The highest BCUT2D eigenvalue weighted by Crippen LogP contribution is 2.46. The fourth-order valence-electron chi connectivity index (χ4n) is 3.91. The predicted molar refractivity (Wildman–Crippen MR) is 133 cm³/mol. The van der Waals surface area contributed by atoms with Crippen LogP contribution < -0.4 is 31.3 Å². The topological polar surface area (TPSA) is 104 Å². The van der Waals surface area contributed by atoms with Crippen molar-refractivity contribution in [3.05, 3.63) is 127 Å². The summed E-state index contributed by atoms with van der Waals surface area (Å²) in [7, 11) is 0. The maximum atomic E-state index is 9.15. The largest absolute Gasteiger partial charge is 0.268 e. The molecule has 0 aromatic heterocycles. The molecule has 1 aliphatic carbocycles. The van der Waals surface area contributed by atoms with Gasteiger partial charge in [-0.1, -0.05) is 72.8 Å². The van der Waals surface area contributed by atoms with Crippen LogP contribution in [0.15, 0.2) is 72.8 Å². The molecule has 162 valence electrons. The number of nitriles is 4. The van der Waals surface area contributed by atoms with Crippen molar-refractivity contribution in [3.63, 3.8) is 0 Å². The lowest BCUT2D eigenvalue weighted by atomic mass is 10.1. The van der Waals surface area contributed by atoms with Crippen LogP contribution in [0, 0.1) is 58.5 Å². The van der Waals surface area contributed by atoms with Crippen LogP contribution in [0.2, 0.25) is 0 Å². The zero-order valence-electron chi connectivity index (χ0n) is 18.6. The Hall–Kier alpha value is -6.18. The van der Waals surface area contributed by atoms with Crippen molar-refractivity contribution >= 4 is 33.7 Å². The minimum Gasteiger partial charge on any atom is -0.226 e. The molecule has 0 atom stereocenters. The van der Waals surface area contributed by atoms with Gasteiger partial charge in [0.15, 0.2) is 0 Å². The molecule has 4 rings (SSSR count). The molecular weight excluding hydrogens is 444 g/mol. The average molecular weight is 456 g/mol. The SMILES string of the molecule is [C-]#[N+]C(C#N)=c1ccc(=C2C(=c3ccc(=C(C#N)C#N)cc3)C2=c2ccc(=C(C#N)[N+]#[C-])cc2)cc1. The number of hydrogen-bond donors (Lipinski definition) is 0. The van der Waals surface area contributed by atoms with Crippen molar-refractivity contribution in [3.8, 4) is 24.3 Å². The zero-order chi connectivity index (χ0) is 25.7. The second kappa shape index (κ2) is 9.75.